The van der Waals surface area contributed by atoms with Crippen LogP contribution in [-0.2, 0) is 11.3 Å². The van der Waals surface area contributed by atoms with Gasteiger partial charge in [0.05, 0.1) is 10.7 Å². The summed E-state index contributed by atoms with van der Waals surface area (Å²) in [7, 11) is 0. The number of fused-ring (bicyclic) bond motifs is 1. The van der Waals surface area contributed by atoms with Gasteiger partial charge in [-0.2, -0.15) is 5.10 Å². The lowest BCUT2D eigenvalue weighted by Crippen LogP contribution is -2.23. The number of aryl methyl sites for hydroxylation is 1. The van der Waals surface area contributed by atoms with Gasteiger partial charge in [-0.3, -0.25) is 4.79 Å². The van der Waals surface area contributed by atoms with Crippen molar-refractivity contribution < 1.29 is 9.53 Å². The van der Waals surface area contributed by atoms with E-state index in [4.69, 9.17) is 4.74 Å². The number of hydrogen-bond acceptors (Lipinski definition) is 3. The predicted molar refractivity (Wildman–Crippen MR) is 105 cm³/mol. The molecule has 1 heterocycles. The Morgan fingerprint density at radius 2 is 2.12 bits per heavy atom. The van der Waals surface area contributed by atoms with Crippen LogP contribution in [-0.4, -0.2) is 22.3 Å². The van der Waals surface area contributed by atoms with Crippen LogP contribution in [0.2, 0.25) is 0 Å². The van der Waals surface area contributed by atoms with Crippen LogP contribution in [0.5, 0.6) is 5.75 Å². The number of hydrogen-bond donors (Lipinski definition) is 1. The zero-order chi connectivity index (χ0) is 18.1. The highest BCUT2D eigenvalue weighted by atomic mass is 79.9. The molecule has 1 amide bonds. The molecule has 3 aromatic rings. The summed E-state index contributed by atoms with van der Waals surface area (Å²) >= 11 is 3.58. The lowest BCUT2D eigenvalue weighted by molar-refractivity contribution is -0.118. The summed E-state index contributed by atoms with van der Waals surface area (Å²) in [5, 5.41) is 9.49. The van der Waals surface area contributed by atoms with Gasteiger partial charge in [-0.1, -0.05) is 30.3 Å². The molecule has 134 valence electrons. The number of rotatable bonds is 6. The zero-order valence-electron chi connectivity index (χ0n) is 14.5. The van der Waals surface area contributed by atoms with Crippen LogP contribution in [0.1, 0.15) is 18.4 Å². The van der Waals surface area contributed by atoms with Gasteiger partial charge in [-0.05, 0) is 58.5 Å². The Balaban J connectivity index is 1.43. The highest BCUT2D eigenvalue weighted by molar-refractivity contribution is 9.10. The van der Waals surface area contributed by atoms with Crippen LogP contribution in [0.3, 0.4) is 0 Å². The quantitative estimate of drug-likeness (QED) is 0.645. The second-order valence-electron chi connectivity index (χ2n) is 6.74. The fraction of sp³-hybridized carbons (Fsp3) is 0.300. The lowest BCUT2D eigenvalue weighted by Gasteiger charge is -2.12. The standard InChI is InChI=1S/C20H20BrN3O2/c1-13-10-22-24(11-14-6-7-14)20(13)23-18(25)12-26-17-9-8-15-4-2-3-5-16(15)19(17)21/h2-5,8-10,14H,6-7,11-12H2,1H3,(H,23,25). The fourth-order valence-corrected chi connectivity index (χ4v) is 3.57. The van der Waals surface area contributed by atoms with Crippen LogP contribution in [0.4, 0.5) is 5.82 Å². The van der Waals surface area contributed by atoms with Gasteiger partial charge in [0.2, 0.25) is 0 Å². The van der Waals surface area contributed by atoms with Crippen molar-refractivity contribution in [1.82, 2.24) is 9.78 Å². The van der Waals surface area contributed by atoms with E-state index in [0.717, 1.165) is 33.2 Å². The maximum Gasteiger partial charge on any atom is 0.263 e. The van der Waals surface area contributed by atoms with Crippen molar-refractivity contribution in [3.8, 4) is 5.75 Å². The molecule has 1 saturated carbocycles. The van der Waals surface area contributed by atoms with Crippen molar-refractivity contribution in [2.45, 2.75) is 26.3 Å². The second-order valence-corrected chi connectivity index (χ2v) is 7.53. The molecule has 0 unspecified atom stereocenters. The molecule has 0 aliphatic heterocycles. The smallest absolute Gasteiger partial charge is 0.263 e. The van der Waals surface area contributed by atoms with Gasteiger partial charge in [-0.15, -0.1) is 0 Å². The summed E-state index contributed by atoms with van der Waals surface area (Å²) in [6.07, 6.45) is 4.27. The Kier molecular flexibility index (Phi) is 4.68. The Morgan fingerprint density at radius 1 is 1.31 bits per heavy atom. The third-order valence-electron chi connectivity index (χ3n) is 4.59. The summed E-state index contributed by atoms with van der Waals surface area (Å²) in [4.78, 5) is 12.4. The van der Waals surface area contributed by atoms with Crippen LogP contribution in [0.25, 0.3) is 10.8 Å². The topological polar surface area (TPSA) is 56.2 Å². The maximum atomic E-state index is 12.4. The van der Waals surface area contributed by atoms with Crippen molar-refractivity contribution in [1.29, 1.82) is 0 Å². The van der Waals surface area contributed by atoms with E-state index < -0.39 is 0 Å². The Bertz CT molecular complexity index is 963. The summed E-state index contributed by atoms with van der Waals surface area (Å²) in [6, 6.07) is 11.9. The molecule has 0 atom stereocenters. The number of nitrogens with one attached hydrogen (secondary N) is 1. The SMILES string of the molecule is Cc1cnn(CC2CC2)c1NC(=O)COc1ccc2ccccc2c1Br. The first-order chi connectivity index (χ1) is 12.6. The number of nitrogens with zero attached hydrogens (tertiary/aromatic N) is 2. The maximum absolute atomic E-state index is 12.4. The number of amides is 1. The molecule has 4 rings (SSSR count). The Labute approximate surface area is 160 Å². The van der Waals surface area contributed by atoms with Gasteiger partial charge < -0.3 is 10.1 Å². The molecule has 0 bridgehead atoms. The van der Waals surface area contributed by atoms with Crippen molar-refractivity contribution >= 4 is 38.4 Å². The molecule has 2 aromatic carbocycles. The first-order valence-corrected chi connectivity index (χ1v) is 9.53. The van der Waals surface area contributed by atoms with E-state index in [0.29, 0.717) is 11.7 Å². The van der Waals surface area contributed by atoms with Crippen molar-refractivity contribution in [3.05, 3.63) is 52.6 Å². The molecule has 6 heteroatoms. The van der Waals surface area contributed by atoms with E-state index in [2.05, 4.69) is 26.3 Å². The summed E-state index contributed by atoms with van der Waals surface area (Å²) < 4.78 is 8.49. The van der Waals surface area contributed by atoms with E-state index in [1.54, 1.807) is 6.20 Å². The fourth-order valence-electron chi connectivity index (χ4n) is 2.96. The molecule has 5 nitrogen and oxygen atoms in total. The van der Waals surface area contributed by atoms with Crippen LogP contribution in [0, 0.1) is 12.8 Å². The van der Waals surface area contributed by atoms with Gasteiger partial charge in [-0.25, -0.2) is 4.68 Å². The average molecular weight is 414 g/mol. The number of aromatic nitrogens is 2. The first-order valence-electron chi connectivity index (χ1n) is 8.74. The molecule has 1 fully saturated rings. The van der Waals surface area contributed by atoms with Crippen molar-refractivity contribution in [2.75, 3.05) is 11.9 Å². The van der Waals surface area contributed by atoms with E-state index in [1.165, 1.54) is 12.8 Å². The third-order valence-corrected chi connectivity index (χ3v) is 5.41. The lowest BCUT2D eigenvalue weighted by atomic mass is 10.1. The van der Waals surface area contributed by atoms with Gasteiger partial charge >= 0.3 is 0 Å². The predicted octanol–water partition coefficient (Wildman–Crippen LogP) is 4.53. The number of anilines is 1. The van der Waals surface area contributed by atoms with E-state index in [1.807, 2.05) is 48.0 Å². The van der Waals surface area contributed by atoms with Crippen LogP contribution >= 0.6 is 15.9 Å². The summed E-state index contributed by atoms with van der Waals surface area (Å²) in [6.45, 7) is 2.76. The molecular weight excluding hydrogens is 394 g/mol. The van der Waals surface area contributed by atoms with E-state index in [9.17, 15) is 4.79 Å². The van der Waals surface area contributed by atoms with E-state index >= 15 is 0 Å². The third kappa shape index (κ3) is 3.60. The minimum Gasteiger partial charge on any atom is -0.483 e. The molecule has 0 saturated heterocycles. The van der Waals surface area contributed by atoms with Crippen molar-refractivity contribution in [2.24, 2.45) is 5.92 Å². The molecule has 0 radical (unpaired) electrons. The summed E-state index contributed by atoms with van der Waals surface area (Å²) in [5.41, 5.74) is 0.964. The highest BCUT2D eigenvalue weighted by Crippen LogP contribution is 2.33. The first kappa shape index (κ1) is 17.1. The second kappa shape index (κ2) is 7.11. The monoisotopic (exact) mass is 413 g/mol. The minimum absolute atomic E-state index is 0.0506. The highest BCUT2D eigenvalue weighted by Gasteiger charge is 2.24. The van der Waals surface area contributed by atoms with Gasteiger partial charge in [0.25, 0.3) is 5.91 Å². The number of halogens is 1. The summed E-state index contributed by atoms with van der Waals surface area (Å²) in [5.74, 6) is 1.92. The molecule has 1 aliphatic rings. The molecule has 1 aliphatic carbocycles. The van der Waals surface area contributed by atoms with Crippen LogP contribution in [0.15, 0.2) is 47.1 Å². The average Bonchev–Trinajstić information content (AvgIpc) is 3.40. The number of benzene rings is 2. The number of ether oxygens (including phenoxy) is 1. The largest absolute Gasteiger partial charge is 0.483 e. The normalized spacial score (nSPS) is 13.8. The van der Waals surface area contributed by atoms with Crippen LogP contribution < -0.4 is 10.1 Å². The van der Waals surface area contributed by atoms with Crippen molar-refractivity contribution in [3.63, 3.8) is 0 Å². The molecule has 0 spiro atoms. The zero-order valence-corrected chi connectivity index (χ0v) is 16.1. The Morgan fingerprint density at radius 3 is 2.92 bits per heavy atom. The number of carbonyl (C=O) groups excluding carboxylic acids is 1. The van der Waals surface area contributed by atoms with Gasteiger partial charge in [0.15, 0.2) is 6.61 Å². The molecule has 1 aromatic heterocycles. The molecular formula is C20H20BrN3O2. The molecule has 26 heavy (non-hydrogen) atoms. The minimum atomic E-state index is -0.189. The van der Waals surface area contributed by atoms with Gasteiger partial charge in [0, 0.05) is 12.1 Å². The van der Waals surface area contributed by atoms with Gasteiger partial charge in [0.1, 0.15) is 11.6 Å². The number of carbonyl (C=O) groups is 1. The molecule has 1 N–H and O–H groups in total. The Hall–Kier alpha value is -2.34. The van der Waals surface area contributed by atoms with E-state index in [-0.39, 0.29) is 12.5 Å².